The van der Waals surface area contributed by atoms with Crippen molar-refractivity contribution in [2.24, 2.45) is 0 Å². The Balaban J connectivity index is 1.55. The van der Waals surface area contributed by atoms with Gasteiger partial charge in [-0.2, -0.15) is 0 Å². The van der Waals surface area contributed by atoms with E-state index < -0.39 is 10.0 Å². The molecule has 3 heterocycles. The van der Waals surface area contributed by atoms with Crippen LogP contribution in [0, 0.1) is 6.92 Å². The van der Waals surface area contributed by atoms with Crippen molar-refractivity contribution in [2.75, 3.05) is 31.1 Å². The SMILES string of the molecule is Cc1ccccc1S(=O)(=O)n1ccc2ccc(N3CCN4CCCC4C3)cc21. The molecular formula is C22H25N3O2S. The zero-order valence-corrected chi connectivity index (χ0v) is 16.9. The van der Waals surface area contributed by atoms with Crippen LogP contribution in [-0.2, 0) is 10.0 Å². The fourth-order valence-electron chi connectivity index (χ4n) is 4.68. The summed E-state index contributed by atoms with van der Waals surface area (Å²) in [5.41, 5.74) is 2.62. The van der Waals surface area contributed by atoms with Crippen LogP contribution in [-0.4, -0.2) is 49.5 Å². The Morgan fingerprint density at radius 1 is 1.00 bits per heavy atom. The van der Waals surface area contributed by atoms with Crippen molar-refractivity contribution >= 4 is 26.6 Å². The Bertz CT molecular complexity index is 1140. The van der Waals surface area contributed by atoms with Gasteiger partial charge in [-0.1, -0.05) is 24.3 Å². The maximum Gasteiger partial charge on any atom is 0.268 e. The summed E-state index contributed by atoms with van der Waals surface area (Å²) >= 11 is 0. The minimum Gasteiger partial charge on any atom is -0.369 e. The van der Waals surface area contributed by atoms with Crippen LogP contribution < -0.4 is 4.90 Å². The summed E-state index contributed by atoms with van der Waals surface area (Å²) in [5.74, 6) is 0. The third kappa shape index (κ3) is 2.83. The first-order chi connectivity index (χ1) is 13.5. The molecule has 0 amide bonds. The highest BCUT2D eigenvalue weighted by molar-refractivity contribution is 7.90. The topological polar surface area (TPSA) is 45.6 Å². The third-order valence-corrected chi connectivity index (χ3v) is 8.07. The average molecular weight is 396 g/mol. The number of aryl methyl sites for hydroxylation is 1. The molecule has 1 atom stereocenters. The van der Waals surface area contributed by atoms with Crippen LogP contribution in [0.2, 0.25) is 0 Å². The standard InChI is InChI=1S/C22H25N3O2S/c1-17-5-2-3-7-22(17)28(26,27)25-12-10-18-8-9-19(15-21(18)25)24-14-13-23-11-4-6-20(23)16-24/h2-3,5,7-10,12,15,20H,4,6,11,13-14,16H2,1H3. The van der Waals surface area contributed by atoms with Gasteiger partial charge in [0.1, 0.15) is 0 Å². The second kappa shape index (κ2) is 6.64. The molecule has 2 saturated heterocycles. The molecule has 0 bridgehead atoms. The van der Waals surface area contributed by atoms with Crippen molar-refractivity contribution in [3.8, 4) is 0 Å². The van der Waals surface area contributed by atoms with E-state index in [9.17, 15) is 8.42 Å². The summed E-state index contributed by atoms with van der Waals surface area (Å²) < 4.78 is 28.0. The molecule has 0 radical (unpaired) electrons. The van der Waals surface area contributed by atoms with Crippen molar-refractivity contribution in [2.45, 2.75) is 30.7 Å². The monoisotopic (exact) mass is 395 g/mol. The van der Waals surface area contributed by atoms with E-state index in [-0.39, 0.29) is 0 Å². The number of hydrogen-bond donors (Lipinski definition) is 0. The molecular weight excluding hydrogens is 370 g/mol. The van der Waals surface area contributed by atoms with Crippen LogP contribution in [0.25, 0.3) is 10.9 Å². The number of benzene rings is 2. The molecule has 0 aliphatic carbocycles. The molecule has 2 aromatic carbocycles. The van der Waals surface area contributed by atoms with Gasteiger partial charge in [-0.3, -0.25) is 4.90 Å². The number of nitrogens with zero attached hydrogens (tertiary/aromatic N) is 3. The van der Waals surface area contributed by atoms with Crippen molar-refractivity contribution < 1.29 is 8.42 Å². The minimum absolute atomic E-state index is 0.359. The molecule has 1 aromatic heterocycles. The highest BCUT2D eigenvalue weighted by Crippen LogP contribution is 2.30. The van der Waals surface area contributed by atoms with Crippen LogP contribution in [0.1, 0.15) is 18.4 Å². The summed E-state index contributed by atoms with van der Waals surface area (Å²) in [6, 6.07) is 15.9. The van der Waals surface area contributed by atoms with Crippen molar-refractivity contribution in [1.29, 1.82) is 0 Å². The molecule has 2 fully saturated rings. The highest BCUT2D eigenvalue weighted by Gasteiger charge is 2.31. The second-order valence-corrected chi connectivity index (χ2v) is 9.69. The molecule has 5 rings (SSSR count). The smallest absolute Gasteiger partial charge is 0.268 e. The number of rotatable bonds is 3. The van der Waals surface area contributed by atoms with Gasteiger partial charge in [0.2, 0.25) is 0 Å². The molecule has 5 nitrogen and oxygen atoms in total. The molecule has 1 unspecified atom stereocenters. The predicted molar refractivity (Wildman–Crippen MR) is 113 cm³/mol. The quantitative estimate of drug-likeness (QED) is 0.681. The summed E-state index contributed by atoms with van der Waals surface area (Å²) in [7, 11) is -3.62. The Hall–Kier alpha value is -2.31. The lowest BCUT2D eigenvalue weighted by Crippen LogP contribution is -2.50. The number of fused-ring (bicyclic) bond motifs is 2. The molecule has 0 saturated carbocycles. The first kappa shape index (κ1) is 17.8. The van der Waals surface area contributed by atoms with Gasteiger partial charge in [-0.15, -0.1) is 0 Å². The van der Waals surface area contributed by atoms with Crippen LogP contribution in [0.5, 0.6) is 0 Å². The lowest BCUT2D eigenvalue weighted by molar-refractivity contribution is 0.231. The van der Waals surface area contributed by atoms with E-state index in [1.54, 1.807) is 18.3 Å². The number of piperazine rings is 1. The molecule has 2 aliphatic heterocycles. The fraction of sp³-hybridized carbons (Fsp3) is 0.364. The maximum absolute atomic E-state index is 13.3. The summed E-state index contributed by atoms with van der Waals surface area (Å²) in [5, 5.41) is 0.945. The molecule has 146 valence electrons. The fourth-order valence-corrected chi connectivity index (χ4v) is 6.25. The highest BCUT2D eigenvalue weighted by atomic mass is 32.2. The molecule has 3 aromatic rings. The van der Waals surface area contributed by atoms with Crippen molar-refractivity contribution in [3.05, 3.63) is 60.3 Å². The molecule has 6 heteroatoms. The van der Waals surface area contributed by atoms with Gasteiger partial charge >= 0.3 is 0 Å². The van der Waals surface area contributed by atoms with E-state index >= 15 is 0 Å². The molecule has 28 heavy (non-hydrogen) atoms. The van der Waals surface area contributed by atoms with Crippen LogP contribution in [0.15, 0.2) is 59.6 Å². The number of aromatic nitrogens is 1. The Kier molecular flexibility index (Phi) is 4.21. The van der Waals surface area contributed by atoms with E-state index in [1.807, 2.05) is 37.3 Å². The van der Waals surface area contributed by atoms with E-state index in [2.05, 4.69) is 15.9 Å². The van der Waals surface area contributed by atoms with E-state index in [4.69, 9.17) is 0 Å². The van der Waals surface area contributed by atoms with E-state index in [0.717, 1.165) is 41.8 Å². The van der Waals surface area contributed by atoms with Crippen molar-refractivity contribution in [3.63, 3.8) is 0 Å². The molecule has 0 spiro atoms. The maximum atomic E-state index is 13.3. The van der Waals surface area contributed by atoms with Gasteiger partial charge in [0.05, 0.1) is 10.4 Å². The minimum atomic E-state index is -3.62. The Morgan fingerprint density at radius 2 is 1.86 bits per heavy atom. The first-order valence-electron chi connectivity index (χ1n) is 9.95. The lowest BCUT2D eigenvalue weighted by Gasteiger charge is -2.38. The van der Waals surface area contributed by atoms with Crippen LogP contribution in [0.3, 0.4) is 0 Å². The summed E-state index contributed by atoms with van der Waals surface area (Å²) in [4.78, 5) is 5.35. The Labute approximate surface area is 166 Å². The van der Waals surface area contributed by atoms with Gasteiger partial charge in [0, 0.05) is 42.9 Å². The number of anilines is 1. The normalized spacial score (nSPS) is 20.6. The van der Waals surface area contributed by atoms with Crippen LogP contribution >= 0.6 is 0 Å². The van der Waals surface area contributed by atoms with Crippen LogP contribution in [0.4, 0.5) is 5.69 Å². The van der Waals surface area contributed by atoms with E-state index in [1.165, 1.54) is 23.4 Å². The largest absolute Gasteiger partial charge is 0.369 e. The van der Waals surface area contributed by atoms with Gasteiger partial charge in [-0.25, -0.2) is 12.4 Å². The third-order valence-electron chi connectivity index (χ3n) is 6.22. The van der Waals surface area contributed by atoms with E-state index in [0.29, 0.717) is 10.9 Å². The zero-order valence-electron chi connectivity index (χ0n) is 16.1. The number of hydrogen-bond acceptors (Lipinski definition) is 4. The van der Waals surface area contributed by atoms with Gasteiger partial charge in [-0.05, 0) is 56.1 Å². The van der Waals surface area contributed by atoms with Gasteiger partial charge in [0.25, 0.3) is 10.0 Å². The van der Waals surface area contributed by atoms with Gasteiger partial charge in [0.15, 0.2) is 0 Å². The Morgan fingerprint density at radius 3 is 2.71 bits per heavy atom. The molecule has 2 aliphatic rings. The molecule has 0 N–H and O–H groups in total. The summed E-state index contributed by atoms with van der Waals surface area (Å²) in [6.07, 6.45) is 4.22. The second-order valence-electron chi connectivity index (χ2n) is 7.90. The predicted octanol–water partition coefficient (Wildman–Crippen LogP) is 3.47. The lowest BCUT2D eigenvalue weighted by atomic mass is 10.1. The summed E-state index contributed by atoms with van der Waals surface area (Å²) in [6.45, 7) is 6.16. The zero-order chi connectivity index (χ0) is 19.3. The average Bonchev–Trinajstić information content (AvgIpc) is 3.34. The van der Waals surface area contributed by atoms with Crippen molar-refractivity contribution in [1.82, 2.24) is 8.87 Å². The first-order valence-corrected chi connectivity index (χ1v) is 11.4. The van der Waals surface area contributed by atoms with Gasteiger partial charge < -0.3 is 4.90 Å².